The van der Waals surface area contributed by atoms with Crippen molar-refractivity contribution in [3.05, 3.63) is 77.1 Å². The van der Waals surface area contributed by atoms with Crippen molar-refractivity contribution in [2.45, 2.75) is 38.6 Å². The number of hydrogen-bond acceptors (Lipinski definition) is 5. The molecule has 0 aliphatic carbocycles. The minimum Gasteiger partial charge on any atom is -0.450 e. The topological polar surface area (TPSA) is 73.1 Å². The van der Waals surface area contributed by atoms with Gasteiger partial charge in [0.1, 0.15) is 0 Å². The van der Waals surface area contributed by atoms with Crippen LogP contribution >= 0.6 is 0 Å². The third-order valence-electron chi connectivity index (χ3n) is 5.76. The Hall–Kier alpha value is -3.22. The number of hydrogen-bond donors (Lipinski definition) is 0. The van der Waals surface area contributed by atoms with Crippen molar-refractivity contribution in [1.29, 1.82) is 0 Å². The maximum atomic E-state index is 12.2. The molecular formula is C23H27N5O2. The zero-order chi connectivity index (χ0) is 21.0. The van der Waals surface area contributed by atoms with Crippen LogP contribution in [0.1, 0.15) is 42.3 Å². The van der Waals surface area contributed by atoms with Gasteiger partial charge in [-0.15, -0.1) is 10.2 Å². The van der Waals surface area contributed by atoms with Crippen molar-refractivity contribution < 1.29 is 9.53 Å². The molecule has 0 atom stereocenters. The van der Waals surface area contributed by atoms with Crippen LogP contribution in [0.15, 0.2) is 54.6 Å². The van der Waals surface area contributed by atoms with Crippen molar-refractivity contribution in [2.75, 3.05) is 19.7 Å². The fraction of sp³-hybridized carbons (Fsp3) is 0.391. The van der Waals surface area contributed by atoms with E-state index in [2.05, 4.69) is 47.6 Å². The molecule has 0 spiro atoms. The molecule has 0 N–H and O–H groups in total. The molecule has 1 saturated heterocycles. The van der Waals surface area contributed by atoms with Crippen molar-refractivity contribution in [3.8, 4) is 0 Å². The number of aromatic nitrogens is 4. The first-order chi connectivity index (χ1) is 14.6. The molecule has 1 fully saturated rings. The fourth-order valence-corrected chi connectivity index (χ4v) is 4.16. The Bertz CT molecular complexity index is 994. The molecule has 1 aromatic heterocycles. The predicted octanol–water partition coefficient (Wildman–Crippen LogP) is 3.57. The van der Waals surface area contributed by atoms with Gasteiger partial charge in [0.05, 0.1) is 18.6 Å². The summed E-state index contributed by atoms with van der Waals surface area (Å²) < 4.78 is 5.18. The number of carbonyl (C=O) groups is 1. The minimum absolute atomic E-state index is 0.254. The van der Waals surface area contributed by atoms with Gasteiger partial charge in [-0.1, -0.05) is 60.2 Å². The van der Waals surface area contributed by atoms with Gasteiger partial charge in [-0.2, -0.15) is 4.80 Å². The van der Waals surface area contributed by atoms with E-state index in [9.17, 15) is 4.79 Å². The smallest absolute Gasteiger partial charge is 0.409 e. The maximum Gasteiger partial charge on any atom is 0.409 e. The SMILES string of the molecule is CCOC(=O)N1CCC(c2ccccc2)(c2nnn(Cc3cccc(C)c3)n2)CC1. The van der Waals surface area contributed by atoms with Gasteiger partial charge in [-0.05, 0) is 43.0 Å². The van der Waals surface area contributed by atoms with Crippen LogP contribution in [0.25, 0.3) is 0 Å². The summed E-state index contributed by atoms with van der Waals surface area (Å²) in [6.07, 6.45) is 1.20. The first kappa shape index (κ1) is 20.1. The highest BCUT2D eigenvalue weighted by molar-refractivity contribution is 5.67. The average molecular weight is 406 g/mol. The number of tetrazole rings is 1. The number of ether oxygens (including phenoxy) is 1. The molecule has 0 radical (unpaired) electrons. The van der Waals surface area contributed by atoms with Crippen LogP contribution in [0.5, 0.6) is 0 Å². The number of nitrogens with zero attached hydrogens (tertiary/aromatic N) is 5. The van der Waals surface area contributed by atoms with E-state index < -0.39 is 0 Å². The zero-order valence-corrected chi connectivity index (χ0v) is 17.5. The van der Waals surface area contributed by atoms with Crippen LogP contribution in [0, 0.1) is 6.92 Å². The van der Waals surface area contributed by atoms with Crippen molar-refractivity contribution in [3.63, 3.8) is 0 Å². The summed E-state index contributed by atoms with van der Waals surface area (Å²) in [4.78, 5) is 15.6. The highest BCUT2D eigenvalue weighted by atomic mass is 16.6. The van der Waals surface area contributed by atoms with E-state index in [1.54, 1.807) is 9.70 Å². The van der Waals surface area contributed by atoms with Crippen LogP contribution < -0.4 is 0 Å². The lowest BCUT2D eigenvalue weighted by Crippen LogP contribution is -2.46. The lowest BCUT2D eigenvalue weighted by molar-refractivity contribution is 0.0897. The first-order valence-corrected chi connectivity index (χ1v) is 10.4. The summed E-state index contributed by atoms with van der Waals surface area (Å²) in [6.45, 7) is 6.06. The number of carbonyl (C=O) groups excluding carboxylic acids is 1. The Morgan fingerprint density at radius 3 is 2.57 bits per heavy atom. The van der Waals surface area contributed by atoms with E-state index in [4.69, 9.17) is 9.84 Å². The maximum absolute atomic E-state index is 12.2. The number of piperidine rings is 1. The summed E-state index contributed by atoms with van der Waals surface area (Å²) >= 11 is 0. The van der Waals surface area contributed by atoms with Gasteiger partial charge in [0.25, 0.3) is 0 Å². The number of aryl methyl sites for hydroxylation is 1. The van der Waals surface area contributed by atoms with Crippen molar-refractivity contribution >= 4 is 6.09 Å². The van der Waals surface area contributed by atoms with Crippen LogP contribution in [-0.4, -0.2) is 50.9 Å². The fourth-order valence-electron chi connectivity index (χ4n) is 4.16. The van der Waals surface area contributed by atoms with Gasteiger partial charge >= 0.3 is 6.09 Å². The van der Waals surface area contributed by atoms with Crippen molar-refractivity contribution in [2.24, 2.45) is 0 Å². The summed E-state index contributed by atoms with van der Waals surface area (Å²) in [5.41, 5.74) is 3.14. The van der Waals surface area contributed by atoms with E-state index in [0.717, 1.165) is 24.0 Å². The Kier molecular flexibility index (Phi) is 5.79. The Morgan fingerprint density at radius 1 is 1.10 bits per heavy atom. The Morgan fingerprint density at radius 2 is 1.87 bits per heavy atom. The number of benzene rings is 2. The molecule has 0 saturated carbocycles. The van der Waals surface area contributed by atoms with Crippen LogP contribution in [0.2, 0.25) is 0 Å². The van der Waals surface area contributed by atoms with E-state index in [1.807, 2.05) is 31.2 Å². The molecule has 2 aromatic carbocycles. The summed E-state index contributed by atoms with van der Waals surface area (Å²) in [5, 5.41) is 13.6. The van der Waals surface area contributed by atoms with E-state index >= 15 is 0 Å². The number of likely N-dealkylation sites (tertiary alicyclic amines) is 1. The number of rotatable bonds is 5. The predicted molar refractivity (Wildman–Crippen MR) is 113 cm³/mol. The summed E-state index contributed by atoms with van der Waals surface area (Å²) in [5.74, 6) is 0.713. The molecule has 7 nitrogen and oxygen atoms in total. The Balaban J connectivity index is 1.60. The van der Waals surface area contributed by atoms with Crippen LogP contribution in [-0.2, 0) is 16.7 Å². The molecule has 30 heavy (non-hydrogen) atoms. The van der Waals surface area contributed by atoms with Crippen LogP contribution in [0.3, 0.4) is 0 Å². The van der Waals surface area contributed by atoms with Crippen LogP contribution in [0.4, 0.5) is 4.79 Å². The van der Waals surface area contributed by atoms with Gasteiger partial charge in [-0.3, -0.25) is 0 Å². The second-order valence-corrected chi connectivity index (χ2v) is 7.77. The normalized spacial score (nSPS) is 15.7. The minimum atomic E-state index is -0.366. The van der Waals surface area contributed by atoms with Gasteiger partial charge in [-0.25, -0.2) is 4.79 Å². The quantitative estimate of drug-likeness (QED) is 0.649. The molecular weight excluding hydrogens is 378 g/mol. The molecule has 156 valence electrons. The molecule has 2 heterocycles. The molecule has 0 unspecified atom stereocenters. The molecule has 3 aromatic rings. The Labute approximate surface area is 176 Å². The summed E-state index contributed by atoms with van der Waals surface area (Å²) in [7, 11) is 0. The highest BCUT2D eigenvalue weighted by Gasteiger charge is 2.42. The van der Waals surface area contributed by atoms with E-state index in [0.29, 0.717) is 32.1 Å². The molecule has 1 aliphatic rings. The molecule has 1 aliphatic heterocycles. The average Bonchev–Trinajstić information content (AvgIpc) is 3.23. The van der Waals surface area contributed by atoms with Gasteiger partial charge in [0.15, 0.2) is 5.82 Å². The second kappa shape index (κ2) is 8.65. The number of amides is 1. The molecule has 4 rings (SSSR count). The third-order valence-corrected chi connectivity index (χ3v) is 5.76. The van der Waals surface area contributed by atoms with Crippen molar-refractivity contribution in [1.82, 2.24) is 25.1 Å². The van der Waals surface area contributed by atoms with E-state index in [-0.39, 0.29) is 11.5 Å². The third kappa shape index (κ3) is 4.06. The van der Waals surface area contributed by atoms with Gasteiger partial charge in [0, 0.05) is 13.1 Å². The molecule has 1 amide bonds. The lowest BCUT2D eigenvalue weighted by Gasteiger charge is -2.39. The standard InChI is InChI=1S/C23H27N5O2/c1-3-30-22(29)27-14-12-23(13-15-27,20-10-5-4-6-11-20)21-24-26-28(25-21)17-19-9-7-8-18(2)16-19/h4-11,16H,3,12-15,17H2,1-2H3. The largest absolute Gasteiger partial charge is 0.450 e. The molecule has 7 heteroatoms. The highest BCUT2D eigenvalue weighted by Crippen LogP contribution is 2.39. The van der Waals surface area contributed by atoms with Gasteiger partial charge in [0.2, 0.25) is 0 Å². The first-order valence-electron chi connectivity index (χ1n) is 10.4. The second-order valence-electron chi connectivity index (χ2n) is 7.77. The lowest BCUT2D eigenvalue weighted by atomic mass is 9.72. The monoisotopic (exact) mass is 405 g/mol. The van der Waals surface area contributed by atoms with Gasteiger partial charge < -0.3 is 9.64 Å². The molecule has 0 bridgehead atoms. The summed E-state index contributed by atoms with van der Waals surface area (Å²) in [6, 6.07) is 18.6. The zero-order valence-electron chi connectivity index (χ0n) is 17.5. The van der Waals surface area contributed by atoms with E-state index in [1.165, 1.54) is 5.56 Å².